The minimum absolute atomic E-state index is 0.0540. The van der Waals surface area contributed by atoms with Gasteiger partial charge in [-0.3, -0.25) is 10.1 Å². The van der Waals surface area contributed by atoms with E-state index in [-0.39, 0.29) is 15.1 Å². The first-order chi connectivity index (χ1) is 9.75. The maximum absolute atomic E-state index is 13.1. The second-order valence-corrected chi connectivity index (χ2v) is 7.34. The monoisotopic (exact) mass is 354 g/mol. The fraction of sp³-hybridized carbons (Fsp3) is 0.364. The number of nitro groups is 1. The predicted molar refractivity (Wildman–Crippen MR) is 81.0 cm³/mol. The van der Waals surface area contributed by atoms with Gasteiger partial charge < -0.3 is 5.32 Å². The molecule has 0 aliphatic heterocycles. The molecular weight excluding hydrogens is 345 g/mol. The van der Waals surface area contributed by atoms with Crippen LogP contribution in [-0.4, -0.2) is 11.5 Å². The Morgan fingerprint density at radius 3 is 2.52 bits per heavy atom. The summed E-state index contributed by atoms with van der Waals surface area (Å²) < 4.78 is 39.7. The van der Waals surface area contributed by atoms with Crippen LogP contribution in [0.4, 0.5) is 24.5 Å². The van der Waals surface area contributed by atoms with Gasteiger partial charge in [-0.05, 0) is 6.42 Å². The summed E-state index contributed by atoms with van der Waals surface area (Å²) in [6, 6.07) is 0.582. The molecule has 0 aliphatic carbocycles. The molecule has 1 aromatic heterocycles. The molecular formula is C11H9F3N2O2S3. The number of alkyl halides is 3. The molecule has 0 saturated carbocycles. The van der Waals surface area contributed by atoms with Crippen molar-refractivity contribution >= 4 is 55.7 Å². The number of fused-ring (bicyclic) bond motifs is 1. The highest BCUT2D eigenvalue weighted by atomic mass is 32.2. The normalized spacial score (nSPS) is 11.8. The molecule has 1 N–H and O–H groups in total. The molecule has 2 rings (SSSR count). The zero-order valence-corrected chi connectivity index (χ0v) is 13.1. The van der Waals surface area contributed by atoms with Crippen molar-refractivity contribution in [2.45, 2.75) is 19.5 Å². The van der Waals surface area contributed by atoms with Gasteiger partial charge in [-0.2, -0.15) is 13.2 Å². The summed E-state index contributed by atoms with van der Waals surface area (Å²) in [5.41, 5.74) is -1.47. The third-order valence-electron chi connectivity index (χ3n) is 2.64. The van der Waals surface area contributed by atoms with Gasteiger partial charge in [0.2, 0.25) is 0 Å². The van der Waals surface area contributed by atoms with Crippen molar-refractivity contribution in [2.24, 2.45) is 0 Å². The summed E-state index contributed by atoms with van der Waals surface area (Å²) in [7, 11) is 0. The molecule has 1 aromatic carbocycles. The van der Waals surface area contributed by atoms with Gasteiger partial charge in [0.05, 0.1) is 19.9 Å². The van der Waals surface area contributed by atoms with Crippen LogP contribution >= 0.6 is 34.9 Å². The predicted octanol–water partition coefficient (Wildman–Crippen LogP) is 5.44. The number of hydrogen-bond acceptors (Lipinski definition) is 6. The second kappa shape index (κ2) is 5.85. The summed E-state index contributed by atoms with van der Waals surface area (Å²) in [5.74, 6) is 0. The average molecular weight is 354 g/mol. The van der Waals surface area contributed by atoms with E-state index in [0.717, 1.165) is 22.7 Å². The van der Waals surface area contributed by atoms with Crippen LogP contribution in [-0.2, 0) is 6.18 Å². The Balaban J connectivity index is 2.84. The number of anilines is 1. The van der Waals surface area contributed by atoms with Crippen molar-refractivity contribution in [1.29, 1.82) is 0 Å². The Labute approximate surface area is 130 Å². The van der Waals surface area contributed by atoms with Crippen molar-refractivity contribution in [3.63, 3.8) is 0 Å². The molecule has 0 saturated heterocycles. The average Bonchev–Trinajstić information content (AvgIpc) is 2.74. The summed E-state index contributed by atoms with van der Waals surface area (Å²) >= 11 is 6.73. The van der Waals surface area contributed by atoms with E-state index in [1.807, 2.05) is 6.92 Å². The molecule has 21 heavy (non-hydrogen) atoms. The third kappa shape index (κ3) is 3.16. The van der Waals surface area contributed by atoms with Gasteiger partial charge >= 0.3 is 6.18 Å². The quantitative estimate of drug-likeness (QED) is 0.451. The van der Waals surface area contributed by atoms with Crippen molar-refractivity contribution in [3.05, 3.63) is 24.9 Å². The third-order valence-corrected chi connectivity index (χ3v) is 5.34. The Bertz CT molecular complexity index is 751. The highest BCUT2D eigenvalue weighted by molar-refractivity contribution is 7.77. The van der Waals surface area contributed by atoms with Crippen molar-refractivity contribution in [2.75, 3.05) is 11.9 Å². The van der Waals surface area contributed by atoms with Gasteiger partial charge in [0.25, 0.3) is 5.69 Å². The van der Waals surface area contributed by atoms with Gasteiger partial charge in [-0.25, -0.2) is 0 Å². The molecule has 0 spiro atoms. The molecule has 0 bridgehead atoms. The first kappa shape index (κ1) is 16.1. The number of nitrogens with zero attached hydrogens (tertiary/aromatic N) is 1. The summed E-state index contributed by atoms with van der Waals surface area (Å²) in [4.78, 5) is 10.3. The van der Waals surface area contributed by atoms with E-state index in [4.69, 9.17) is 12.2 Å². The summed E-state index contributed by atoms with van der Waals surface area (Å²) in [6.45, 7) is 2.28. The lowest BCUT2D eigenvalue weighted by Crippen LogP contribution is -2.09. The number of rotatable bonds is 4. The number of nitro benzene ring substituents is 1. The summed E-state index contributed by atoms with van der Waals surface area (Å²) in [5, 5.41) is 13.9. The lowest BCUT2D eigenvalue weighted by Gasteiger charge is -2.12. The largest absolute Gasteiger partial charge is 0.418 e. The van der Waals surface area contributed by atoms with Gasteiger partial charge in [0.15, 0.2) is 0 Å². The number of nitrogens with one attached hydrogen (secondary N) is 1. The summed E-state index contributed by atoms with van der Waals surface area (Å²) in [6.07, 6.45) is -3.97. The SMILES string of the molecule is CCCNc1c([N+](=O)[O-])cc(C(F)(F)F)c2sc(=S)sc12. The minimum atomic E-state index is -4.66. The zero-order chi connectivity index (χ0) is 15.8. The molecule has 4 nitrogen and oxygen atoms in total. The van der Waals surface area contributed by atoms with E-state index < -0.39 is 22.4 Å². The molecule has 0 radical (unpaired) electrons. The van der Waals surface area contributed by atoms with E-state index in [1.165, 1.54) is 0 Å². The lowest BCUT2D eigenvalue weighted by atomic mass is 10.1. The topological polar surface area (TPSA) is 55.2 Å². The van der Waals surface area contributed by atoms with Crippen LogP contribution in [0.5, 0.6) is 0 Å². The fourth-order valence-electron chi connectivity index (χ4n) is 1.79. The van der Waals surface area contributed by atoms with Crippen LogP contribution in [0.25, 0.3) is 9.40 Å². The van der Waals surface area contributed by atoms with E-state index in [1.54, 1.807) is 0 Å². The molecule has 1 heterocycles. The van der Waals surface area contributed by atoms with E-state index in [0.29, 0.717) is 22.2 Å². The van der Waals surface area contributed by atoms with Crippen molar-refractivity contribution in [3.8, 4) is 0 Å². The van der Waals surface area contributed by atoms with Crippen LogP contribution in [0.2, 0.25) is 0 Å². The Morgan fingerprint density at radius 1 is 1.38 bits per heavy atom. The molecule has 0 atom stereocenters. The maximum Gasteiger partial charge on any atom is 0.418 e. The van der Waals surface area contributed by atoms with Crippen LogP contribution in [0.3, 0.4) is 0 Å². The molecule has 0 fully saturated rings. The second-order valence-electron chi connectivity index (χ2n) is 4.11. The lowest BCUT2D eigenvalue weighted by molar-refractivity contribution is -0.384. The molecule has 0 unspecified atom stereocenters. The van der Waals surface area contributed by atoms with Crippen LogP contribution in [0.15, 0.2) is 6.07 Å². The molecule has 0 aliphatic rings. The first-order valence-electron chi connectivity index (χ1n) is 5.81. The van der Waals surface area contributed by atoms with Crippen LogP contribution < -0.4 is 5.32 Å². The maximum atomic E-state index is 13.1. The van der Waals surface area contributed by atoms with E-state index in [2.05, 4.69) is 5.32 Å². The first-order valence-corrected chi connectivity index (χ1v) is 7.86. The van der Waals surface area contributed by atoms with Crippen molar-refractivity contribution < 1.29 is 18.1 Å². The standard InChI is InChI=1S/C11H9F3N2O2S3/c1-2-3-15-7-6(16(17)18)4-5(11(12,13)14)8-9(7)21-10(19)20-8/h4,15H,2-3H2,1H3. The van der Waals surface area contributed by atoms with Gasteiger partial charge in [-0.15, -0.1) is 22.7 Å². The molecule has 114 valence electrons. The van der Waals surface area contributed by atoms with E-state index >= 15 is 0 Å². The minimum Gasteiger partial charge on any atom is -0.378 e. The highest BCUT2D eigenvalue weighted by Crippen LogP contribution is 2.47. The number of hydrogen-bond donors (Lipinski definition) is 1. The van der Waals surface area contributed by atoms with Crippen LogP contribution in [0, 0.1) is 13.3 Å². The Morgan fingerprint density at radius 2 is 2.00 bits per heavy atom. The van der Waals surface area contributed by atoms with Gasteiger partial charge in [0, 0.05) is 12.6 Å². The van der Waals surface area contributed by atoms with Gasteiger partial charge in [-0.1, -0.05) is 19.1 Å². The Kier molecular flexibility index (Phi) is 4.49. The van der Waals surface area contributed by atoms with Gasteiger partial charge in [0.1, 0.15) is 8.82 Å². The zero-order valence-electron chi connectivity index (χ0n) is 10.6. The van der Waals surface area contributed by atoms with Crippen molar-refractivity contribution in [1.82, 2.24) is 0 Å². The molecule has 0 amide bonds. The highest BCUT2D eigenvalue weighted by Gasteiger charge is 2.37. The molecule has 10 heteroatoms. The van der Waals surface area contributed by atoms with E-state index in [9.17, 15) is 23.3 Å². The number of halogens is 3. The number of benzene rings is 1. The van der Waals surface area contributed by atoms with Crippen LogP contribution in [0.1, 0.15) is 18.9 Å². The fourth-order valence-corrected chi connectivity index (χ4v) is 4.50. The Hall–Kier alpha value is -1.26. The molecule has 2 aromatic rings. The smallest absolute Gasteiger partial charge is 0.378 e.